The van der Waals surface area contributed by atoms with Crippen LogP contribution in [0.4, 0.5) is 0 Å². The minimum atomic E-state index is 0.233. The van der Waals surface area contributed by atoms with Gasteiger partial charge in [0.05, 0.1) is 6.61 Å². The van der Waals surface area contributed by atoms with E-state index in [2.05, 4.69) is 39.6 Å². The molecule has 14 heavy (non-hydrogen) atoms. The minimum Gasteiger partial charge on any atom is -0.371 e. The fourth-order valence-electron chi connectivity index (χ4n) is 1.54. The molecule has 2 atom stereocenters. The predicted octanol–water partition coefficient (Wildman–Crippen LogP) is 2.81. The summed E-state index contributed by atoms with van der Waals surface area (Å²) >= 11 is 5.22. The number of nitrogens with one attached hydrogen (secondary N) is 1. The topological polar surface area (TPSA) is 21.3 Å². The van der Waals surface area contributed by atoms with Crippen LogP contribution in [0, 0.1) is 5.92 Å². The summed E-state index contributed by atoms with van der Waals surface area (Å²) in [5, 5.41) is 5.53. The molecule has 0 saturated carbocycles. The van der Waals surface area contributed by atoms with E-state index in [4.69, 9.17) is 4.74 Å². The molecule has 4 heteroatoms. The maximum Gasteiger partial charge on any atom is 0.104 e. The third kappa shape index (κ3) is 2.57. The molecule has 2 rings (SSSR count). The van der Waals surface area contributed by atoms with Gasteiger partial charge in [-0.1, -0.05) is 6.92 Å². The fourth-order valence-corrected chi connectivity index (χ4v) is 3.03. The van der Waals surface area contributed by atoms with Crippen molar-refractivity contribution >= 4 is 27.3 Å². The third-order valence-electron chi connectivity index (χ3n) is 2.31. The molecular formula is C10H14BrNOS. The summed E-state index contributed by atoms with van der Waals surface area (Å²) in [6.07, 6.45) is 0.233. The SMILES string of the molecule is CC1CNCC(c2cc(Br)cs2)OC1. The highest BCUT2D eigenvalue weighted by molar-refractivity contribution is 9.10. The average molecular weight is 276 g/mol. The van der Waals surface area contributed by atoms with Crippen molar-refractivity contribution in [2.45, 2.75) is 13.0 Å². The van der Waals surface area contributed by atoms with Gasteiger partial charge in [-0.05, 0) is 27.9 Å². The molecule has 1 fully saturated rings. The molecular weight excluding hydrogens is 262 g/mol. The Balaban J connectivity index is 2.04. The van der Waals surface area contributed by atoms with E-state index in [1.54, 1.807) is 11.3 Å². The third-order valence-corrected chi connectivity index (χ3v) is 4.10. The van der Waals surface area contributed by atoms with Crippen molar-refractivity contribution in [3.63, 3.8) is 0 Å². The monoisotopic (exact) mass is 275 g/mol. The Morgan fingerprint density at radius 2 is 2.43 bits per heavy atom. The molecule has 1 aliphatic rings. The Kier molecular flexibility index (Phi) is 3.60. The number of rotatable bonds is 1. The second-order valence-corrected chi connectivity index (χ2v) is 5.61. The van der Waals surface area contributed by atoms with E-state index in [9.17, 15) is 0 Å². The summed E-state index contributed by atoms with van der Waals surface area (Å²) in [5.41, 5.74) is 0. The minimum absolute atomic E-state index is 0.233. The van der Waals surface area contributed by atoms with E-state index >= 15 is 0 Å². The molecule has 0 aliphatic carbocycles. The van der Waals surface area contributed by atoms with Crippen LogP contribution in [0.15, 0.2) is 15.9 Å². The maximum absolute atomic E-state index is 5.84. The molecule has 1 aliphatic heterocycles. The molecule has 2 heterocycles. The van der Waals surface area contributed by atoms with Gasteiger partial charge in [-0.15, -0.1) is 11.3 Å². The summed E-state index contributed by atoms with van der Waals surface area (Å²) in [6.45, 7) is 5.05. The van der Waals surface area contributed by atoms with Gasteiger partial charge in [0.1, 0.15) is 6.10 Å². The van der Waals surface area contributed by atoms with Crippen LogP contribution in [0.3, 0.4) is 0 Å². The highest BCUT2D eigenvalue weighted by Gasteiger charge is 2.18. The molecule has 0 spiro atoms. The van der Waals surface area contributed by atoms with Crippen LogP contribution in [-0.4, -0.2) is 19.7 Å². The van der Waals surface area contributed by atoms with Crippen molar-refractivity contribution in [1.82, 2.24) is 5.32 Å². The summed E-state index contributed by atoms with van der Waals surface area (Å²) in [6, 6.07) is 2.15. The predicted molar refractivity (Wildman–Crippen MR) is 62.7 cm³/mol. The standard InChI is InChI=1S/C10H14BrNOS/c1-7-3-12-4-9(13-5-7)10-2-8(11)6-14-10/h2,6-7,9,12H,3-5H2,1H3. The van der Waals surface area contributed by atoms with Gasteiger partial charge >= 0.3 is 0 Å². The van der Waals surface area contributed by atoms with E-state index in [1.807, 2.05) is 0 Å². The molecule has 1 N–H and O–H groups in total. The molecule has 1 aromatic heterocycles. The summed E-state index contributed by atoms with van der Waals surface area (Å²) in [5.74, 6) is 0.614. The van der Waals surface area contributed by atoms with Crippen LogP contribution in [0.25, 0.3) is 0 Å². The van der Waals surface area contributed by atoms with E-state index in [0.717, 1.165) is 24.2 Å². The van der Waals surface area contributed by atoms with Crippen molar-refractivity contribution in [3.05, 3.63) is 20.8 Å². The summed E-state index contributed by atoms with van der Waals surface area (Å²) in [7, 11) is 0. The lowest BCUT2D eigenvalue weighted by Crippen LogP contribution is -2.22. The van der Waals surface area contributed by atoms with Crippen LogP contribution in [0.5, 0.6) is 0 Å². The molecule has 2 unspecified atom stereocenters. The number of hydrogen-bond acceptors (Lipinski definition) is 3. The van der Waals surface area contributed by atoms with Gasteiger partial charge in [0.2, 0.25) is 0 Å². The fraction of sp³-hybridized carbons (Fsp3) is 0.600. The largest absolute Gasteiger partial charge is 0.371 e. The van der Waals surface area contributed by atoms with Gasteiger partial charge in [0.25, 0.3) is 0 Å². The van der Waals surface area contributed by atoms with Crippen molar-refractivity contribution in [2.24, 2.45) is 5.92 Å². The van der Waals surface area contributed by atoms with Crippen LogP contribution < -0.4 is 5.32 Å². The van der Waals surface area contributed by atoms with Gasteiger partial charge in [-0.25, -0.2) is 0 Å². The Morgan fingerprint density at radius 1 is 1.57 bits per heavy atom. The lowest BCUT2D eigenvalue weighted by molar-refractivity contribution is 0.0537. The Hall–Kier alpha value is 0.1000. The zero-order valence-electron chi connectivity index (χ0n) is 8.13. The molecule has 0 bridgehead atoms. The lowest BCUT2D eigenvalue weighted by atomic mass is 10.2. The highest BCUT2D eigenvalue weighted by atomic mass is 79.9. The number of ether oxygens (including phenoxy) is 1. The lowest BCUT2D eigenvalue weighted by Gasteiger charge is -2.12. The van der Waals surface area contributed by atoms with E-state index in [0.29, 0.717) is 5.92 Å². The Labute approximate surface area is 96.8 Å². The first-order valence-electron chi connectivity index (χ1n) is 4.82. The zero-order valence-corrected chi connectivity index (χ0v) is 10.5. The van der Waals surface area contributed by atoms with Crippen molar-refractivity contribution < 1.29 is 4.74 Å². The summed E-state index contributed by atoms with van der Waals surface area (Å²) in [4.78, 5) is 1.30. The smallest absolute Gasteiger partial charge is 0.104 e. The van der Waals surface area contributed by atoms with Crippen LogP contribution >= 0.6 is 27.3 Å². The van der Waals surface area contributed by atoms with E-state index in [-0.39, 0.29) is 6.10 Å². The first-order valence-corrected chi connectivity index (χ1v) is 6.49. The first-order chi connectivity index (χ1) is 6.75. The molecule has 2 nitrogen and oxygen atoms in total. The van der Waals surface area contributed by atoms with E-state index in [1.165, 1.54) is 4.88 Å². The second kappa shape index (κ2) is 4.75. The van der Waals surface area contributed by atoms with Gasteiger partial charge in [-0.3, -0.25) is 0 Å². The quantitative estimate of drug-likeness (QED) is 0.851. The number of halogens is 1. The molecule has 0 radical (unpaired) electrons. The second-order valence-electron chi connectivity index (χ2n) is 3.75. The molecule has 1 saturated heterocycles. The van der Waals surface area contributed by atoms with Crippen LogP contribution in [0.1, 0.15) is 17.9 Å². The van der Waals surface area contributed by atoms with Crippen LogP contribution in [-0.2, 0) is 4.74 Å². The first kappa shape index (κ1) is 10.6. The number of thiophene rings is 1. The van der Waals surface area contributed by atoms with Crippen molar-refractivity contribution in [1.29, 1.82) is 0 Å². The van der Waals surface area contributed by atoms with Crippen LogP contribution in [0.2, 0.25) is 0 Å². The molecule has 1 aromatic rings. The van der Waals surface area contributed by atoms with Gasteiger partial charge in [0.15, 0.2) is 0 Å². The molecule has 0 aromatic carbocycles. The van der Waals surface area contributed by atoms with Gasteiger partial charge < -0.3 is 10.1 Å². The molecule has 78 valence electrons. The van der Waals surface area contributed by atoms with Crippen molar-refractivity contribution in [3.8, 4) is 0 Å². The average Bonchev–Trinajstić information content (AvgIpc) is 2.46. The normalized spacial score (nSPS) is 28.7. The maximum atomic E-state index is 5.84. The Morgan fingerprint density at radius 3 is 3.14 bits per heavy atom. The van der Waals surface area contributed by atoms with Crippen molar-refractivity contribution in [2.75, 3.05) is 19.7 Å². The zero-order chi connectivity index (χ0) is 9.97. The summed E-state index contributed by atoms with van der Waals surface area (Å²) < 4.78 is 6.99. The number of hydrogen-bond donors (Lipinski definition) is 1. The molecule has 0 amide bonds. The Bertz CT molecular complexity index is 302. The van der Waals surface area contributed by atoms with Gasteiger partial charge in [-0.2, -0.15) is 0 Å². The van der Waals surface area contributed by atoms with E-state index < -0.39 is 0 Å². The highest BCUT2D eigenvalue weighted by Crippen LogP contribution is 2.28. The van der Waals surface area contributed by atoms with Gasteiger partial charge in [0, 0.05) is 27.8 Å².